The van der Waals surface area contributed by atoms with Crippen LogP contribution in [0.1, 0.15) is 24.8 Å². The fraction of sp³-hybridized carbons (Fsp3) is 0.533. The fourth-order valence-electron chi connectivity index (χ4n) is 3.78. The first-order valence-electron chi connectivity index (χ1n) is 7.30. The first-order chi connectivity index (χ1) is 10.1. The second kappa shape index (κ2) is 5.34. The number of hydrogen-bond acceptors (Lipinski definition) is 5. The average molecular weight is 286 g/mol. The van der Waals surface area contributed by atoms with Gasteiger partial charge in [-0.25, -0.2) is 0 Å². The molecule has 6 heteroatoms. The molecule has 0 aromatic heterocycles. The van der Waals surface area contributed by atoms with Gasteiger partial charge in [-0.15, -0.1) is 0 Å². The van der Waals surface area contributed by atoms with Gasteiger partial charge in [0, 0.05) is 19.1 Å². The monoisotopic (exact) mass is 286 g/mol. The number of anilines is 1. The molecule has 0 amide bonds. The summed E-state index contributed by atoms with van der Waals surface area (Å²) in [5, 5.41) is 20.4. The van der Waals surface area contributed by atoms with Crippen LogP contribution < -0.4 is 10.6 Å². The van der Waals surface area contributed by atoms with Gasteiger partial charge in [-0.2, -0.15) is 5.26 Å². The molecule has 3 unspecified atom stereocenters. The predicted octanol–water partition coefficient (Wildman–Crippen LogP) is 2.03. The van der Waals surface area contributed by atoms with Gasteiger partial charge < -0.3 is 10.6 Å². The van der Waals surface area contributed by atoms with E-state index in [1.165, 1.54) is 6.07 Å². The Hall–Kier alpha value is -2.13. The molecule has 6 nitrogen and oxygen atoms in total. The van der Waals surface area contributed by atoms with E-state index >= 15 is 0 Å². The molecule has 2 fully saturated rings. The minimum Gasteiger partial charge on any atom is -0.365 e. The molecule has 2 aliphatic rings. The quantitative estimate of drug-likeness (QED) is 0.662. The van der Waals surface area contributed by atoms with Crippen LogP contribution in [0.25, 0.3) is 0 Å². The van der Waals surface area contributed by atoms with Gasteiger partial charge >= 0.3 is 5.69 Å². The molecule has 1 aromatic carbocycles. The molecule has 110 valence electrons. The third kappa shape index (κ3) is 2.34. The molecule has 1 heterocycles. The number of hydrogen-bond donors (Lipinski definition) is 1. The Labute approximate surface area is 123 Å². The molecule has 0 radical (unpaired) electrons. The molecule has 21 heavy (non-hydrogen) atoms. The van der Waals surface area contributed by atoms with E-state index in [4.69, 9.17) is 11.0 Å². The summed E-state index contributed by atoms with van der Waals surface area (Å²) in [5.74, 6) is 0.920. The summed E-state index contributed by atoms with van der Waals surface area (Å²) in [6.45, 7) is 1.55. The van der Waals surface area contributed by atoms with Crippen molar-refractivity contribution in [2.45, 2.75) is 25.3 Å². The number of nitro groups is 1. The summed E-state index contributed by atoms with van der Waals surface area (Å²) in [4.78, 5) is 12.9. The van der Waals surface area contributed by atoms with E-state index in [1.54, 1.807) is 12.1 Å². The lowest BCUT2D eigenvalue weighted by Crippen LogP contribution is -2.38. The van der Waals surface area contributed by atoms with Gasteiger partial charge in [0.25, 0.3) is 0 Å². The number of nitrogens with zero attached hydrogens (tertiary/aromatic N) is 3. The Bertz CT molecular complexity index is 610. The van der Waals surface area contributed by atoms with Gasteiger partial charge in [-0.3, -0.25) is 10.1 Å². The Morgan fingerprint density at radius 2 is 2.19 bits per heavy atom. The van der Waals surface area contributed by atoms with Crippen molar-refractivity contribution in [1.82, 2.24) is 0 Å². The van der Waals surface area contributed by atoms with Gasteiger partial charge in [0.15, 0.2) is 0 Å². The predicted molar refractivity (Wildman–Crippen MR) is 78.8 cm³/mol. The van der Waals surface area contributed by atoms with Crippen molar-refractivity contribution in [3.8, 4) is 6.07 Å². The van der Waals surface area contributed by atoms with Crippen molar-refractivity contribution in [1.29, 1.82) is 5.26 Å². The van der Waals surface area contributed by atoms with Crippen LogP contribution in [-0.4, -0.2) is 24.1 Å². The molecule has 1 aliphatic carbocycles. The third-order valence-corrected chi connectivity index (χ3v) is 4.81. The highest BCUT2D eigenvalue weighted by Crippen LogP contribution is 2.41. The summed E-state index contributed by atoms with van der Waals surface area (Å²) in [5.41, 5.74) is 6.80. The Morgan fingerprint density at radius 1 is 1.38 bits per heavy atom. The number of fused-ring (bicyclic) bond motifs is 1. The molecule has 3 atom stereocenters. The SMILES string of the molecule is N#Cc1cccc(N2CC3CCCC(N)C3C2)c1[N+](=O)[O-]. The van der Waals surface area contributed by atoms with Crippen LogP contribution in [0.3, 0.4) is 0 Å². The third-order valence-electron chi connectivity index (χ3n) is 4.81. The number of nitro benzene ring substituents is 1. The molecule has 0 bridgehead atoms. The van der Waals surface area contributed by atoms with Gasteiger partial charge in [-0.05, 0) is 36.8 Å². The van der Waals surface area contributed by atoms with Crippen LogP contribution in [0.15, 0.2) is 18.2 Å². The van der Waals surface area contributed by atoms with Crippen molar-refractivity contribution >= 4 is 11.4 Å². The normalized spacial score (nSPS) is 28.0. The second-order valence-electron chi connectivity index (χ2n) is 5.97. The van der Waals surface area contributed by atoms with Crippen molar-refractivity contribution < 1.29 is 4.92 Å². The zero-order valence-electron chi connectivity index (χ0n) is 11.7. The molecule has 2 N–H and O–H groups in total. The fourth-order valence-corrected chi connectivity index (χ4v) is 3.78. The highest BCUT2D eigenvalue weighted by molar-refractivity contribution is 5.70. The van der Waals surface area contributed by atoms with Crippen molar-refractivity contribution in [2.75, 3.05) is 18.0 Å². The zero-order valence-corrected chi connectivity index (χ0v) is 11.7. The topological polar surface area (TPSA) is 96.2 Å². The molecule has 1 aromatic rings. The van der Waals surface area contributed by atoms with Crippen molar-refractivity contribution in [3.05, 3.63) is 33.9 Å². The van der Waals surface area contributed by atoms with E-state index < -0.39 is 4.92 Å². The standard InChI is InChI=1S/C15H18N4O2/c16-7-10-3-2-6-14(15(10)19(20)21)18-8-11-4-1-5-13(17)12(11)9-18/h2-3,6,11-13H,1,4-5,8-9,17H2. The van der Waals surface area contributed by atoms with E-state index in [0.29, 0.717) is 17.5 Å². The Morgan fingerprint density at radius 3 is 2.86 bits per heavy atom. The van der Waals surface area contributed by atoms with E-state index in [1.807, 2.05) is 11.0 Å². The van der Waals surface area contributed by atoms with Crippen molar-refractivity contribution in [3.63, 3.8) is 0 Å². The van der Waals surface area contributed by atoms with Crippen LogP contribution in [-0.2, 0) is 0 Å². The maximum absolute atomic E-state index is 11.3. The van der Waals surface area contributed by atoms with Gasteiger partial charge in [0.05, 0.1) is 4.92 Å². The second-order valence-corrected chi connectivity index (χ2v) is 5.97. The van der Waals surface area contributed by atoms with Gasteiger partial charge in [0.2, 0.25) is 0 Å². The van der Waals surface area contributed by atoms with Crippen LogP contribution >= 0.6 is 0 Å². The number of rotatable bonds is 2. The number of nitrogens with two attached hydrogens (primary N) is 1. The van der Waals surface area contributed by atoms with Crippen LogP contribution in [0, 0.1) is 33.3 Å². The van der Waals surface area contributed by atoms with Crippen LogP contribution in [0.5, 0.6) is 0 Å². The molecule has 1 saturated heterocycles. The highest BCUT2D eigenvalue weighted by Gasteiger charge is 2.40. The van der Waals surface area contributed by atoms with Gasteiger partial charge in [0.1, 0.15) is 17.3 Å². The maximum Gasteiger partial charge on any atom is 0.310 e. The molecule has 3 rings (SSSR count). The first-order valence-corrected chi connectivity index (χ1v) is 7.30. The van der Waals surface area contributed by atoms with Crippen LogP contribution in [0.2, 0.25) is 0 Å². The lowest BCUT2D eigenvalue weighted by molar-refractivity contribution is -0.384. The lowest BCUT2D eigenvalue weighted by atomic mass is 9.78. The zero-order chi connectivity index (χ0) is 15.0. The smallest absolute Gasteiger partial charge is 0.310 e. The first kappa shape index (κ1) is 13.8. The van der Waals surface area contributed by atoms with Crippen molar-refractivity contribution in [2.24, 2.45) is 17.6 Å². The largest absolute Gasteiger partial charge is 0.365 e. The highest BCUT2D eigenvalue weighted by atomic mass is 16.6. The number of nitriles is 1. The van der Waals surface area contributed by atoms with E-state index in [2.05, 4.69) is 0 Å². The number of benzene rings is 1. The molecule has 0 spiro atoms. The Balaban J connectivity index is 1.95. The molecule has 1 aliphatic heterocycles. The van der Waals surface area contributed by atoms with E-state index in [0.717, 1.165) is 32.4 Å². The minimum atomic E-state index is -0.449. The number of para-hydroxylation sites is 1. The molecular weight excluding hydrogens is 268 g/mol. The minimum absolute atomic E-state index is 0.0766. The van der Waals surface area contributed by atoms with E-state index in [-0.39, 0.29) is 17.3 Å². The lowest BCUT2D eigenvalue weighted by Gasteiger charge is -2.29. The summed E-state index contributed by atoms with van der Waals surface area (Å²) >= 11 is 0. The van der Waals surface area contributed by atoms with E-state index in [9.17, 15) is 10.1 Å². The average Bonchev–Trinajstić information content (AvgIpc) is 2.91. The summed E-state index contributed by atoms with van der Waals surface area (Å²) in [6, 6.07) is 7.05. The molecule has 1 saturated carbocycles. The molecular formula is C15H18N4O2. The maximum atomic E-state index is 11.3. The van der Waals surface area contributed by atoms with Crippen LogP contribution in [0.4, 0.5) is 11.4 Å². The summed E-state index contributed by atoms with van der Waals surface area (Å²) < 4.78 is 0. The summed E-state index contributed by atoms with van der Waals surface area (Å²) in [6.07, 6.45) is 3.31. The Kier molecular flexibility index (Phi) is 3.52. The summed E-state index contributed by atoms with van der Waals surface area (Å²) in [7, 11) is 0. The van der Waals surface area contributed by atoms with Gasteiger partial charge in [-0.1, -0.05) is 12.5 Å².